The normalized spacial score (nSPS) is 11.2. The Kier molecular flexibility index (Phi) is 5.23. The van der Waals surface area contributed by atoms with Gasteiger partial charge in [0.25, 0.3) is 5.91 Å². The zero-order valence-electron chi connectivity index (χ0n) is 14.2. The number of hydrogen-bond donors (Lipinski definition) is 2. The minimum atomic E-state index is -0.563. The Morgan fingerprint density at radius 2 is 1.81 bits per heavy atom. The van der Waals surface area contributed by atoms with Gasteiger partial charge in [-0.05, 0) is 17.7 Å². The number of rotatable bonds is 5. The Balaban J connectivity index is 1.73. The molecule has 1 aromatic heterocycles. The van der Waals surface area contributed by atoms with Crippen molar-refractivity contribution in [1.29, 1.82) is 0 Å². The molecule has 132 valence electrons. The minimum absolute atomic E-state index is 0.00759. The molecule has 0 saturated heterocycles. The summed E-state index contributed by atoms with van der Waals surface area (Å²) in [4.78, 5) is 12.3. The molecular formula is C18H18N6O2. The molecular weight excluding hydrogens is 332 g/mol. The summed E-state index contributed by atoms with van der Waals surface area (Å²) in [6.45, 7) is 0.420. The van der Waals surface area contributed by atoms with Crippen molar-refractivity contribution in [3.8, 4) is 0 Å². The summed E-state index contributed by atoms with van der Waals surface area (Å²) >= 11 is 0. The summed E-state index contributed by atoms with van der Waals surface area (Å²) in [6.07, 6.45) is 0. The van der Waals surface area contributed by atoms with Gasteiger partial charge in [-0.2, -0.15) is 0 Å². The molecule has 0 fully saturated rings. The first-order valence-electron chi connectivity index (χ1n) is 7.89. The third kappa shape index (κ3) is 3.86. The van der Waals surface area contributed by atoms with Crippen LogP contribution in [0.5, 0.6) is 0 Å². The van der Waals surface area contributed by atoms with Gasteiger partial charge in [-0.15, -0.1) is 10.2 Å². The lowest BCUT2D eigenvalue weighted by molar-refractivity contribution is 0.0949. The monoisotopic (exact) mass is 350 g/mol. The fraction of sp³-hybridized carbons (Fsp3) is 0.111. The highest BCUT2D eigenvalue weighted by Gasteiger charge is 2.17. The van der Waals surface area contributed by atoms with Gasteiger partial charge in [0.05, 0.1) is 13.7 Å². The van der Waals surface area contributed by atoms with Gasteiger partial charge in [0.1, 0.15) is 0 Å². The van der Waals surface area contributed by atoms with Crippen molar-refractivity contribution >= 4 is 17.6 Å². The molecule has 1 heterocycles. The second kappa shape index (κ2) is 7.93. The standard InChI is InChI=1S/C18H18N6O2/c1-26-18(14-10-6-3-7-11-14)22-21-17(25)15-16(19)24(23-20-15)12-13-8-4-2-5-9-13/h2-11H,12,19H2,1H3,(H,21,25)/b22-18+. The Morgan fingerprint density at radius 1 is 1.15 bits per heavy atom. The SMILES string of the molecule is CO/C(=N/NC(=O)c1nnn(Cc2ccccc2)c1N)c1ccccc1. The van der Waals surface area contributed by atoms with Gasteiger partial charge in [-0.25, -0.2) is 10.1 Å². The number of nitrogens with one attached hydrogen (secondary N) is 1. The number of carbonyl (C=O) groups excluding carboxylic acids is 1. The Labute approximate surface area is 150 Å². The van der Waals surface area contributed by atoms with Gasteiger partial charge in [-0.1, -0.05) is 53.7 Å². The molecule has 0 unspecified atom stereocenters. The fourth-order valence-corrected chi connectivity index (χ4v) is 2.32. The number of ether oxygens (including phenoxy) is 1. The van der Waals surface area contributed by atoms with E-state index in [9.17, 15) is 4.79 Å². The highest BCUT2D eigenvalue weighted by molar-refractivity contribution is 5.99. The predicted octanol–water partition coefficient (Wildman–Crippen LogP) is 1.65. The molecule has 3 N–H and O–H groups in total. The van der Waals surface area contributed by atoms with Crippen molar-refractivity contribution in [1.82, 2.24) is 20.4 Å². The Hall–Kier alpha value is -3.68. The first-order valence-corrected chi connectivity index (χ1v) is 7.89. The number of nitrogen functional groups attached to an aromatic ring is 1. The maximum absolute atomic E-state index is 12.3. The second-order valence-corrected chi connectivity index (χ2v) is 5.39. The Bertz CT molecular complexity index is 906. The molecule has 3 rings (SSSR count). The van der Waals surface area contributed by atoms with Crippen molar-refractivity contribution < 1.29 is 9.53 Å². The van der Waals surface area contributed by atoms with Crippen molar-refractivity contribution in [2.45, 2.75) is 6.54 Å². The van der Waals surface area contributed by atoms with Crippen LogP contribution in [0.15, 0.2) is 65.8 Å². The van der Waals surface area contributed by atoms with E-state index in [0.29, 0.717) is 6.54 Å². The van der Waals surface area contributed by atoms with Crippen molar-refractivity contribution in [3.63, 3.8) is 0 Å². The lowest BCUT2D eigenvalue weighted by Gasteiger charge is -2.05. The first kappa shape index (κ1) is 17.2. The number of benzene rings is 2. The maximum Gasteiger partial charge on any atom is 0.295 e. The van der Waals surface area contributed by atoms with E-state index in [1.165, 1.54) is 11.8 Å². The largest absolute Gasteiger partial charge is 0.480 e. The summed E-state index contributed by atoms with van der Waals surface area (Å²) in [7, 11) is 1.47. The van der Waals surface area contributed by atoms with Crippen molar-refractivity contribution in [2.24, 2.45) is 5.10 Å². The number of amides is 1. The lowest BCUT2D eigenvalue weighted by atomic mass is 10.2. The van der Waals surface area contributed by atoms with Crippen LogP contribution >= 0.6 is 0 Å². The molecule has 8 nitrogen and oxygen atoms in total. The topological polar surface area (TPSA) is 107 Å². The van der Waals surface area contributed by atoms with E-state index in [2.05, 4.69) is 20.8 Å². The maximum atomic E-state index is 12.3. The van der Waals surface area contributed by atoms with Crippen LogP contribution in [0.4, 0.5) is 5.82 Å². The molecule has 0 aliphatic rings. The lowest BCUT2D eigenvalue weighted by Crippen LogP contribution is -2.22. The van der Waals surface area contributed by atoms with Gasteiger partial charge in [0.15, 0.2) is 11.5 Å². The number of nitrogens with zero attached hydrogens (tertiary/aromatic N) is 4. The second-order valence-electron chi connectivity index (χ2n) is 5.39. The molecule has 8 heteroatoms. The first-order chi connectivity index (χ1) is 12.7. The smallest absolute Gasteiger partial charge is 0.295 e. The highest BCUT2D eigenvalue weighted by atomic mass is 16.5. The van der Waals surface area contributed by atoms with Gasteiger partial charge in [0.2, 0.25) is 5.90 Å². The summed E-state index contributed by atoms with van der Waals surface area (Å²) < 4.78 is 6.66. The van der Waals surface area contributed by atoms with E-state index in [0.717, 1.165) is 11.1 Å². The van der Waals surface area contributed by atoms with E-state index >= 15 is 0 Å². The van der Waals surface area contributed by atoms with Crippen LogP contribution in [0.3, 0.4) is 0 Å². The number of hydrogen-bond acceptors (Lipinski definition) is 6. The molecule has 0 aliphatic heterocycles. The summed E-state index contributed by atoms with van der Waals surface area (Å²) in [6, 6.07) is 18.8. The number of carbonyl (C=O) groups is 1. The molecule has 26 heavy (non-hydrogen) atoms. The average Bonchev–Trinajstić information content (AvgIpc) is 3.04. The Morgan fingerprint density at radius 3 is 2.46 bits per heavy atom. The average molecular weight is 350 g/mol. The third-order valence-corrected chi connectivity index (χ3v) is 3.64. The van der Waals surface area contributed by atoms with Crippen LogP contribution in [-0.4, -0.2) is 33.9 Å². The fourth-order valence-electron chi connectivity index (χ4n) is 2.32. The van der Waals surface area contributed by atoms with Crippen molar-refractivity contribution in [2.75, 3.05) is 12.8 Å². The number of methoxy groups -OCH3 is 1. The number of hydrazone groups is 1. The minimum Gasteiger partial charge on any atom is -0.480 e. The molecule has 0 aliphatic carbocycles. The molecule has 0 spiro atoms. The number of nitrogens with two attached hydrogens (primary N) is 1. The third-order valence-electron chi connectivity index (χ3n) is 3.64. The van der Waals surface area contributed by atoms with Gasteiger partial charge in [-0.3, -0.25) is 4.79 Å². The molecule has 0 saturated carbocycles. The zero-order valence-corrected chi connectivity index (χ0v) is 14.2. The zero-order chi connectivity index (χ0) is 18.4. The van der Waals surface area contributed by atoms with Gasteiger partial charge < -0.3 is 10.5 Å². The van der Waals surface area contributed by atoms with E-state index in [1.807, 2.05) is 60.7 Å². The molecule has 0 bridgehead atoms. The van der Waals surface area contributed by atoms with E-state index in [1.54, 1.807) is 0 Å². The predicted molar refractivity (Wildman–Crippen MR) is 97.4 cm³/mol. The molecule has 1 amide bonds. The van der Waals surface area contributed by atoms with Crippen LogP contribution in [-0.2, 0) is 11.3 Å². The summed E-state index contributed by atoms with van der Waals surface area (Å²) in [5, 5.41) is 11.8. The van der Waals surface area contributed by atoms with Crippen molar-refractivity contribution in [3.05, 3.63) is 77.5 Å². The molecule has 0 radical (unpaired) electrons. The highest BCUT2D eigenvalue weighted by Crippen LogP contribution is 2.11. The van der Waals surface area contributed by atoms with Crippen LogP contribution in [0, 0.1) is 0 Å². The summed E-state index contributed by atoms with van der Waals surface area (Å²) in [5.74, 6) is -0.123. The van der Waals surface area contributed by atoms with Crippen LogP contribution in [0.1, 0.15) is 21.6 Å². The molecule has 2 aromatic carbocycles. The number of anilines is 1. The van der Waals surface area contributed by atoms with Crippen LogP contribution in [0.25, 0.3) is 0 Å². The summed E-state index contributed by atoms with van der Waals surface area (Å²) in [5.41, 5.74) is 10.1. The van der Waals surface area contributed by atoms with E-state index in [4.69, 9.17) is 10.5 Å². The van der Waals surface area contributed by atoms with Crippen LogP contribution in [0.2, 0.25) is 0 Å². The van der Waals surface area contributed by atoms with Crippen LogP contribution < -0.4 is 11.2 Å². The molecule has 0 atom stereocenters. The quantitative estimate of drug-likeness (QED) is 0.413. The van der Waals surface area contributed by atoms with Gasteiger partial charge >= 0.3 is 0 Å². The van der Waals surface area contributed by atoms with E-state index < -0.39 is 5.91 Å². The van der Waals surface area contributed by atoms with Gasteiger partial charge in [0, 0.05) is 5.56 Å². The molecule has 3 aromatic rings. The number of aromatic nitrogens is 3. The van der Waals surface area contributed by atoms with E-state index in [-0.39, 0.29) is 17.4 Å².